The number of phenols is 1. The van der Waals surface area contributed by atoms with Crippen LogP contribution in [0.4, 0.5) is 5.69 Å². The number of phenolic OH excluding ortho intramolecular Hbond substituents is 1. The van der Waals surface area contributed by atoms with Gasteiger partial charge in [-0.1, -0.05) is 19.1 Å². The molecule has 104 valence electrons. The molecule has 0 unspecified atom stereocenters. The van der Waals surface area contributed by atoms with Gasteiger partial charge in [0.2, 0.25) is 0 Å². The van der Waals surface area contributed by atoms with Crippen molar-refractivity contribution in [1.29, 1.82) is 0 Å². The first-order valence-electron chi connectivity index (χ1n) is 6.41. The maximum absolute atomic E-state index is 12.1. The molecule has 1 amide bonds. The highest BCUT2D eigenvalue weighted by Crippen LogP contribution is 2.26. The second kappa shape index (κ2) is 6.10. The summed E-state index contributed by atoms with van der Waals surface area (Å²) >= 11 is 0. The number of methoxy groups -OCH3 is 1. The number of nitrogens with one attached hydrogen (secondary N) is 1. The standard InChI is InChI=1S/C16H17NO3/c1-3-11-4-7-13(8-5-11)17-16(19)12-6-9-14(18)15(10-12)20-2/h4-10,18H,3H2,1-2H3,(H,17,19). The molecule has 0 saturated carbocycles. The molecule has 4 nitrogen and oxygen atoms in total. The van der Waals surface area contributed by atoms with Crippen molar-refractivity contribution in [2.75, 3.05) is 12.4 Å². The summed E-state index contributed by atoms with van der Waals surface area (Å²) < 4.78 is 4.99. The Balaban J connectivity index is 2.14. The van der Waals surface area contributed by atoms with Gasteiger partial charge in [-0.3, -0.25) is 4.79 Å². The molecular formula is C16H17NO3. The van der Waals surface area contributed by atoms with Gasteiger partial charge in [-0.15, -0.1) is 0 Å². The zero-order valence-corrected chi connectivity index (χ0v) is 11.5. The van der Waals surface area contributed by atoms with Gasteiger partial charge in [0.05, 0.1) is 7.11 Å². The maximum Gasteiger partial charge on any atom is 0.255 e. The maximum atomic E-state index is 12.1. The zero-order valence-electron chi connectivity index (χ0n) is 11.5. The Kier molecular flexibility index (Phi) is 4.25. The number of benzene rings is 2. The summed E-state index contributed by atoms with van der Waals surface area (Å²) in [7, 11) is 1.44. The van der Waals surface area contributed by atoms with Crippen molar-refractivity contribution in [3.05, 3.63) is 53.6 Å². The van der Waals surface area contributed by atoms with E-state index in [0.29, 0.717) is 5.56 Å². The molecule has 0 aromatic heterocycles. The van der Waals surface area contributed by atoms with Crippen LogP contribution in [0.3, 0.4) is 0 Å². The molecule has 4 heteroatoms. The molecular weight excluding hydrogens is 254 g/mol. The molecule has 0 aliphatic rings. The first kappa shape index (κ1) is 13.9. The molecule has 2 rings (SSSR count). The summed E-state index contributed by atoms with van der Waals surface area (Å²) in [6, 6.07) is 12.2. The summed E-state index contributed by atoms with van der Waals surface area (Å²) in [5, 5.41) is 12.3. The van der Waals surface area contributed by atoms with E-state index >= 15 is 0 Å². The molecule has 0 radical (unpaired) electrons. The number of hydrogen-bond donors (Lipinski definition) is 2. The van der Waals surface area contributed by atoms with Crippen LogP contribution < -0.4 is 10.1 Å². The molecule has 20 heavy (non-hydrogen) atoms. The first-order valence-corrected chi connectivity index (χ1v) is 6.41. The van der Waals surface area contributed by atoms with E-state index in [9.17, 15) is 9.90 Å². The van der Waals surface area contributed by atoms with Crippen molar-refractivity contribution >= 4 is 11.6 Å². The Bertz CT molecular complexity index is 606. The molecule has 0 saturated heterocycles. The minimum Gasteiger partial charge on any atom is -0.504 e. The molecule has 2 aromatic rings. The van der Waals surface area contributed by atoms with Crippen molar-refractivity contribution in [2.45, 2.75) is 13.3 Å². The van der Waals surface area contributed by atoms with Crippen LogP contribution in [0.2, 0.25) is 0 Å². The van der Waals surface area contributed by atoms with E-state index in [2.05, 4.69) is 12.2 Å². The van der Waals surface area contributed by atoms with Gasteiger partial charge in [0.25, 0.3) is 5.91 Å². The average molecular weight is 271 g/mol. The van der Waals surface area contributed by atoms with Crippen LogP contribution in [-0.4, -0.2) is 18.1 Å². The lowest BCUT2D eigenvalue weighted by atomic mass is 10.1. The lowest BCUT2D eigenvalue weighted by Gasteiger charge is -2.08. The fourth-order valence-corrected chi connectivity index (χ4v) is 1.85. The Morgan fingerprint density at radius 2 is 1.90 bits per heavy atom. The first-order chi connectivity index (χ1) is 9.63. The van der Waals surface area contributed by atoms with Gasteiger partial charge in [-0.05, 0) is 42.3 Å². The molecule has 0 atom stereocenters. The van der Waals surface area contributed by atoms with Gasteiger partial charge >= 0.3 is 0 Å². The number of aromatic hydroxyl groups is 1. The van der Waals surface area contributed by atoms with Crippen molar-refractivity contribution in [3.63, 3.8) is 0 Å². The highest BCUT2D eigenvalue weighted by atomic mass is 16.5. The number of amides is 1. The SMILES string of the molecule is CCc1ccc(NC(=O)c2ccc(O)c(OC)c2)cc1. The highest BCUT2D eigenvalue weighted by molar-refractivity contribution is 6.04. The van der Waals surface area contributed by atoms with E-state index in [-0.39, 0.29) is 17.4 Å². The number of ether oxygens (including phenoxy) is 1. The number of aryl methyl sites for hydroxylation is 1. The van der Waals surface area contributed by atoms with E-state index in [1.807, 2.05) is 24.3 Å². The minimum atomic E-state index is -0.243. The summed E-state index contributed by atoms with van der Waals surface area (Å²) in [6.07, 6.45) is 0.962. The monoisotopic (exact) mass is 271 g/mol. The van der Waals surface area contributed by atoms with Crippen LogP contribution in [0, 0.1) is 0 Å². The van der Waals surface area contributed by atoms with E-state index in [1.54, 1.807) is 6.07 Å². The summed E-state index contributed by atoms with van der Waals surface area (Å²) in [5.41, 5.74) is 2.38. The Morgan fingerprint density at radius 1 is 1.20 bits per heavy atom. The number of hydrogen-bond acceptors (Lipinski definition) is 3. The van der Waals surface area contributed by atoms with Crippen LogP contribution in [0.1, 0.15) is 22.8 Å². The lowest BCUT2D eigenvalue weighted by molar-refractivity contribution is 0.102. The molecule has 0 bridgehead atoms. The third-order valence-corrected chi connectivity index (χ3v) is 3.06. The normalized spacial score (nSPS) is 10.1. The van der Waals surface area contributed by atoms with E-state index in [1.165, 1.54) is 24.8 Å². The van der Waals surface area contributed by atoms with Gasteiger partial charge in [-0.25, -0.2) is 0 Å². The second-order valence-electron chi connectivity index (χ2n) is 4.39. The van der Waals surface area contributed by atoms with E-state index in [4.69, 9.17) is 4.74 Å². The minimum absolute atomic E-state index is 0.0105. The quantitative estimate of drug-likeness (QED) is 0.897. The van der Waals surface area contributed by atoms with Crippen molar-refractivity contribution in [2.24, 2.45) is 0 Å². The zero-order chi connectivity index (χ0) is 14.5. The molecule has 2 aromatic carbocycles. The fraction of sp³-hybridized carbons (Fsp3) is 0.188. The lowest BCUT2D eigenvalue weighted by Crippen LogP contribution is -2.11. The number of carbonyl (C=O) groups is 1. The van der Waals surface area contributed by atoms with Gasteiger partial charge < -0.3 is 15.2 Å². The summed E-state index contributed by atoms with van der Waals surface area (Å²) in [4.78, 5) is 12.1. The van der Waals surface area contributed by atoms with Crippen LogP contribution in [-0.2, 0) is 6.42 Å². The Hall–Kier alpha value is -2.49. The molecule has 0 aliphatic carbocycles. The van der Waals surface area contributed by atoms with Crippen LogP contribution >= 0.6 is 0 Å². The predicted octanol–water partition coefficient (Wildman–Crippen LogP) is 3.22. The predicted molar refractivity (Wildman–Crippen MR) is 78.4 cm³/mol. The summed E-state index contributed by atoms with van der Waals surface area (Å²) in [5.74, 6) is 0.0443. The van der Waals surface area contributed by atoms with Gasteiger partial charge in [0.15, 0.2) is 11.5 Å². The highest BCUT2D eigenvalue weighted by Gasteiger charge is 2.10. The molecule has 0 spiro atoms. The van der Waals surface area contributed by atoms with E-state index in [0.717, 1.165) is 12.1 Å². The number of rotatable bonds is 4. The second-order valence-corrected chi connectivity index (χ2v) is 4.39. The largest absolute Gasteiger partial charge is 0.504 e. The van der Waals surface area contributed by atoms with Gasteiger partial charge in [0, 0.05) is 11.3 Å². The summed E-state index contributed by atoms with van der Waals surface area (Å²) in [6.45, 7) is 2.08. The van der Waals surface area contributed by atoms with Crippen LogP contribution in [0.25, 0.3) is 0 Å². The number of carbonyl (C=O) groups excluding carboxylic acids is 1. The van der Waals surface area contributed by atoms with E-state index < -0.39 is 0 Å². The van der Waals surface area contributed by atoms with Crippen molar-refractivity contribution in [1.82, 2.24) is 0 Å². The third-order valence-electron chi connectivity index (χ3n) is 3.06. The smallest absolute Gasteiger partial charge is 0.255 e. The van der Waals surface area contributed by atoms with Crippen molar-refractivity contribution in [3.8, 4) is 11.5 Å². The number of anilines is 1. The fourth-order valence-electron chi connectivity index (χ4n) is 1.85. The van der Waals surface area contributed by atoms with Crippen LogP contribution in [0.15, 0.2) is 42.5 Å². The average Bonchev–Trinajstić information content (AvgIpc) is 2.48. The molecule has 2 N–H and O–H groups in total. The Labute approximate surface area is 118 Å². The Morgan fingerprint density at radius 3 is 2.50 bits per heavy atom. The van der Waals surface area contributed by atoms with Gasteiger partial charge in [0.1, 0.15) is 0 Å². The van der Waals surface area contributed by atoms with Gasteiger partial charge in [-0.2, -0.15) is 0 Å². The topological polar surface area (TPSA) is 58.6 Å². The van der Waals surface area contributed by atoms with Crippen molar-refractivity contribution < 1.29 is 14.6 Å². The third kappa shape index (κ3) is 3.09. The molecule has 0 heterocycles. The molecule has 0 fully saturated rings. The molecule has 0 aliphatic heterocycles. The van der Waals surface area contributed by atoms with Crippen LogP contribution in [0.5, 0.6) is 11.5 Å².